The first-order chi connectivity index (χ1) is 14.0. The van der Waals surface area contributed by atoms with Crippen LogP contribution in [-0.4, -0.2) is 49.9 Å². The van der Waals surface area contributed by atoms with Gasteiger partial charge in [0.1, 0.15) is 0 Å². The van der Waals surface area contributed by atoms with E-state index in [4.69, 9.17) is 0 Å². The summed E-state index contributed by atoms with van der Waals surface area (Å²) in [6.07, 6.45) is 2.23. The van der Waals surface area contributed by atoms with Gasteiger partial charge in [-0.3, -0.25) is 15.0 Å². The molecule has 0 aliphatic carbocycles. The highest BCUT2D eigenvalue weighted by Gasteiger charge is 2.25. The van der Waals surface area contributed by atoms with Gasteiger partial charge >= 0.3 is 0 Å². The highest BCUT2D eigenvalue weighted by Crippen LogP contribution is 2.25. The highest BCUT2D eigenvalue weighted by molar-refractivity contribution is 6.07. The Labute approximate surface area is 173 Å². The number of carbonyl (C=O) groups is 2. The van der Waals surface area contributed by atoms with Crippen molar-refractivity contribution < 1.29 is 9.59 Å². The number of likely N-dealkylation sites (N-methyl/N-ethyl adjacent to an activating group) is 1. The van der Waals surface area contributed by atoms with E-state index < -0.39 is 0 Å². The lowest BCUT2D eigenvalue weighted by atomic mass is 10.2. The minimum absolute atomic E-state index is 0.172. The summed E-state index contributed by atoms with van der Waals surface area (Å²) in [5, 5.41) is 1.35. The van der Waals surface area contributed by atoms with E-state index in [1.165, 1.54) is 5.01 Å². The quantitative estimate of drug-likeness (QED) is 0.764. The van der Waals surface area contributed by atoms with Gasteiger partial charge in [0.25, 0.3) is 5.91 Å². The molecule has 2 aromatic carbocycles. The first-order valence-electron chi connectivity index (χ1n) is 10.2. The van der Waals surface area contributed by atoms with Crippen LogP contribution in [0.4, 0.5) is 11.4 Å². The van der Waals surface area contributed by atoms with Crippen LogP contribution in [0.2, 0.25) is 0 Å². The molecular formula is C23H30N4O2. The molecule has 2 amide bonds. The molecule has 6 nitrogen and oxygen atoms in total. The molecule has 1 fully saturated rings. The fourth-order valence-electron chi connectivity index (χ4n) is 3.56. The second-order valence-electron chi connectivity index (χ2n) is 7.66. The van der Waals surface area contributed by atoms with Crippen LogP contribution in [0.25, 0.3) is 0 Å². The van der Waals surface area contributed by atoms with Crippen LogP contribution in [0.3, 0.4) is 0 Å². The molecular weight excluding hydrogens is 364 g/mol. The molecule has 1 heterocycles. The summed E-state index contributed by atoms with van der Waals surface area (Å²) in [6, 6.07) is 17.4. The molecule has 0 spiro atoms. The maximum absolute atomic E-state index is 13.0. The predicted molar refractivity (Wildman–Crippen MR) is 117 cm³/mol. The van der Waals surface area contributed by atoms with E-state index in [1.807, 2.05) is 49.4 Å². The smallest absolute Gasteiger partial charge is 0.277 e. The molecule has 1 aliphatic heterocycles. The Morgan fingerprint density at radius 1 is 1.07 bits per heavy atom. The van der Waals surface area contributed by atoms with Gasteiger partial charge in [-0.05, 0) is 63.3 Å². The fourth-order valence-corrected chi connectivity index (χ4v) is 3.56. The summed E-state index contributed by atoms with van der Waals surface area (Å²) in [5.41, 5.74) is 5.08. The third-order valence-electron chi connectivity index (χ3n) is 5.30. The van der Waals surface area contributed by atoms with Gasteiger partial charge in [0.2, 0.25) is 5.91 Å². The molecule has 154 valence electrons. The zero-order chi connectivity index (χ0) is 20.8. The fraction of sp³-hybridized carbons (Fsp3) is 0.391. The minimum atomic E-state index is -0.253. The first-order valence-corrected chi connectivity index (χ1v) is 10.2. The summed E-state index contributed by atoms with van der Waals surface area (Å²) in [7, 11) is 4.23. The summed E-state index contributed by atoms with van der Waals surface area (Å²) in [6.45, 7) is 3.95. The van der Waals surface area contributed by atoms with Crippen molar-refractivity contribution in [2.45, 2.75) is 32.2 Å². The van der Waals surface area contributed by atoms with Crippen molar-refractivity contribution in [2.24, 2.45) is 0 Å². The number of benzene rings is 2. The van der Waals surface area contributed by atoms with Crippen LogP contribution in [0.1, 0.15) is 36.5 Å². The van der Waals surface area contributed by atoms with Crippen molar-refractivity contribution in [3.05, 3.63) is 60.2 Å². The molecule has 0 radical (unpaired) electrons. The van der Waals surface area contributed by atoms with Crippen molar-refractivity contribution in [3.63, 3.8) is 0 Å². The summed E-state index contributed by atoms with van der Waals surface area (Å²) in [5.74, 6) is -0.425. The molecule has 3 rings (SSSR count). The van der Waals surface area contributed by atoms with Crippen LogP contribution < -0.4 is 15.3 Å². The van der Waals surface area contributed by atoms with Crippen LogP contribution in [0.5, 0.6) is 0 Å². The molecule has 1 aliphatic rings. The van der Waals surface area contributed by atoms with E-state index in [9.17, 15) is 9.59 Å². The zero-order valence-electron chi connectivity index (χ0n) is 17.5. The lowest BCUT2D eigenvalue weighted by Gasteiger charge is -2.25. The number of anilines is 2. The molecule has 0 bridgehead atoms. The lowest BCUT2D eigenvalue weighted by Crippen LogP contribution is -2.46. The molecule has 1 unspecified atom stereocenters. The van der Waals surface area contributed by atoms with E-state index >= 15 is 0 Å². The Morgan fingerprint density at radius 3 is 2.34 bits per heavy atom. The number of hydrogen-bond acceptors (Lipinski definition) is 4. The SMILES string of the molecule is CCCC(=O)NN(C(=O)c1ccccc1)c1ccc(N2CCC(N(C)C)C2)cc1. The van der Waals surface area contributed by atoms with Crippen molar-refractivity contribution in [1.29, 1.82) is 0 Å². The minimum Gasteiger partial charge on any atom is -0.370 e. The Hall–Kier alpha value is -2.86. The lowest BCUT2D eigenvalue weighted by molar-refractivity contribution is -0.121. The van der Waals surface area contributed by atoms with Crippen LogP contribution in [-0.2, 0) is 4.79 Å². The Kier molecular flexibility index (Phi) is 6.88. The standard InChI is InChI=1S/C23H30N4O2/c1-4-8-22(28)24-27(23(29)18-9-6-5-7-10-18)20-13-11-19(12-14-20)26-16-15-21(17-26)25(2)3/h5-7,9-14,21H,4,8,15-17H2,1-3H3,(H,24,28). The van der Waals surface area contributed by atoms with Crippen LogP contribution in [0, 0.1) is 0 Å². The molecule has 1 atom stereocenters. The van der Waals surface area contributed by atoms with Crippen LogP contribution >= 0.6 is 0 Å². The third kappa shape index (κ3) is 5.15. The Bertz CT molecular complexity index is 821. The highest BCUT2D eigenvalue weighted by atomic mass is 16.2. The zero-order valence-corrected chi connectivity index (χ0v) is 17.5. The van der Waals surface area contributed by atoms with Crippen molar-refractivity contribution in [2.75, 3.05) is 37.1 Å². The Balaban J connectivity index is 1.80. The molecule has 0 aromatic heterocycles. The van der Waals surface area contributed by atoms with Crippen molar-refractivity contribution >= 4 is 23.2 Å². The van der Waals surface area contributed by atoms with Gasteiger partial charge in [-0.2, -0.15) is 0 Å². The number of hydrazine groups is 1. The average Bonchev–Trinajstić information content (AvgIpc) is 3.23. The maximum atomic E-state index is 13.0. The molecule has 0 saturated carbocycles. The van der Waals surface area contributed by atoms with Crippen molar-refractivity contribution in [1.82, 2.24) is 10.3 Å². The van der Waals surface area contributed by atoms with Gasteiger partial charge in [0.05, 0.1) is 5.69 Å². The van der Waals surface area contributed by atoms with Gasteiger partial charge in [-0.25, -0.2) is 5.01 Å². The summed E-state index contributed by atoms with van der Waals surface area (Å²) < 4.78 is 0. The first kappa shape index (κ1) is 20.9. The van der Waals surface area contributed by atoms with Gasteiger partial charge in [-0.1, -0.05) is 25.1 Å². The average molecular weight is 395 g/mol. The van der Waals surface area contributed by atoms with E-state index in [0.717, 1.165) is 31.6 Å². The van der Waals surface area contributed by atoms with E-state index in [2.05, 4.69) is 29.3 Å². The van der Waals surface area contributed by atoms with E-state index in [-0.39, 0.29) is 11.8 Å². The van der Waals surface area contributed by atoms with Gasteiger partial charge in [0.15, 0.2) is 0 Å². The van der Waals surface area contributed by atoms with E-state index in [0.29, 0.717) is 23.7 Å². The number of nitrogens with one attached hydrogen (secondary N) is 1. The van der Waals surface area contributed by atoms with Gasteiger partial charge < -0.3 is 9.80 Å². The number of hydrogen-bond donors (Lipinski definition) is 1. The summed E-state index contributed by atoms with van der Waals surface area (Å²) >= 11 is 0. The number of carbonyl (C=O) groups excluding carboxylic acids is 2. The molecule has 1 saturated heterocycles. The predicted octanol–water partition coefficient (Wildman–Crippen LogP) is 3.31. The number of rotatable bonds is 6. The molecule has 2 aromatic rings. The van der Waals surface area contributed by atoms with Crippen molar-refractivity contribution in [3.8, 4) is 0 Å². The molecule has 1 N–H and O–H groups in total. The second kappa shape index (κ2) is 9.56. The number of amides is 2. The Morgan fingerprint density at radius 2 is 1.76 bits per heavy atom. The molecule has 29 heavy (non-hydrogen) atoms. The van der Waals surface area contributed by atoms with Gasteiger partial charge in [0, 0.05) is 36.8 Å². The normalized spacial score (nSPS) is 16.1. The maximum Gasteiger partial charge on any atom is 0.277 e. The number of nitrogens with zero attached hydrogens (tertiary/aromatic N) is 3. The third-order valence-corrected chi connectivity index (χ3v) is 5.30. The second-order valence-corrected chi connectivity index (χ2v) is 7.66. The monoisotopic (exact) mass is 394 g/mol. The topological polar surface area (TPSA) is 55.9 Å². The van der Waals surface area contributed by atoms with Gasteiger partial charge in [-0.15, -0.1) is 0 Å². The van der Waals surface area contributed by atoms with E-state index in [1.54, 1.807) is 12.1 Å². The van der Waals surface area contributed by atoms with Crippen LogP contribution in [0.15, 0.2) is 54.6 Å². The summed E-state index contributed by atoms with van der Waals surface area (Å²) in [4.78, 5) is 29.9. The largest absolute Gasteiger partial charge is 0.370 e. The molecule has 6 heteroatoms.